The molecule has 0 atom stereocenters. The molecular weight excluding hydrogens is 313 g/mol. The molecule has 0 bridgehead atoms. The molecule has 3 aromatic rings. The van der Waals surface area contributed by atoms with Gasteiger partial charge in [0.05, 0.1) is 23.9 Å². The number of hydrogen-bond donors (Lipinski definition) is 4. The number of aromatic nitrogens is 3. The highest BCUT2D eigenvalue weighted by Crippen LogP contribution is 2.36. The lowest BCUT2D eigenvalue weighted by atomic mass is 9.75. The molecule has 1 aromatic carbocycles. The highest BCUT2D eigenvalue weighted by Gasteiger charge is 2.36. The van der Waals surface area contributed by atoms with Gasteiger partial charge in [-0.2, -0.15) is 5.10 Å². The van der Waals surface area contributed by atoms with E-state index in [1.165, 1.54) is 6.07 Å². The van der Waals surface area contributed by atoms with E-state index in [0.29, 0.717) is 16.7 Å². The summed E-state index contributed by atoms with van der Waals surface area (Å²) in [6.07, 6.45) is 3.26. The lowest BCUT2D eigenvalue weighted by molar-refractivity contribution is 0.100. The van der Waals surface area contributed by atoms with Crippen LogP contribution in [0.1, 0.15) is 28.8 Å². The van der Waals surface area contributed by atoms with Gasteiger partial charge in [-0.15, -0.1) is 0 Å². The molecule has 8 heteroatoms. The Bertz CT molecular complexity index is 939. The van der Waals surface area contributed by atoms with Crippen molar-refractivity contribution < 1.29 is 14.3 Å². The van der Waals surface area contributed by atoms with Gasteiger partial charge in [0, 0.05) is 11.0 Å². The van der Waals surface area contributed by atoms with E-state index < -0.39 is 17.1 Å². The number of amides is 1. The van der Waals surface area contributed by atoms with Crippen LogP contribution in [0.5, 0.6) is 0 Å². The summed E-state index contributed by atoms with van der Waals surface area (Å²) in [4.78, 5) is 14.8. The second-order valence-corrected chi connectivity index (χ2v) is 6.35. The minimum atomic E-state index is -0.712. The fraction of sp³-hybridized carbons (Fsp3) is 0.375. The molecule has 1 fully saturated rings. The van der Waals surface area contributed by atoms with Crippen LogP contribution in [0.4, 0.5) is 4.39 Å². The van der Waals surface area contributed by atoms with Crippen molar-refractivity contribution in [1.29, 1.82) is 0 Å². The van der Waals surface area contributed by atoms with Crippen molar-refractivity contribution in [1.82, 2.24) is 19.9 Å². The number of rotatable bonds is 3. The summed E-state index contributed by atoms with van der Waals surface area (Å²) in [5.74, 6) is -1.25. The second kappa shape index (κ2) is 5.29. The highest BCUT2D eigenvalue weighted by molar-refractivity contribution is 6.05. The van der Waals surface area contributed by atoms with E-state index in [2.05, 4.69) is 15.4 Å². The largest absolute Gasteiger partial charge is 0.395 e. The van der Waals surface area contributed by atoms with Gasteiger partial charge in [-0.1, -0.05) is 0 Å². The maximum atomic E-state index is 13.8. The molecule has 0 spiro atoms. The SMILES string of the molecule is NC(=O)c1cc(F)cc2[nH]c3c(C4(CO)CCNCC4)cnn3c12. The van der Waals surface area contributed by atoms with E-state index in [0.717, 1.165) is 37.6 Å². The first-order valence-corrected chi connectivity index (χ1v) is 7.86. The number of nitrogens with two attached hydrogens (primary N) is 1. The summed E-state index contributed by atoms with van der Waals surface area (Å²) < 4.78 is 15.4. The Kier molecular flexibility index (Phi) is 3.33. The van der Waals surface area contributed by atoms with Crippen molar-refractivity contribution >= 4 is 22.6 Å². The summed E-state index contributed by atoms with van der Waals surface area (Å²) in [6.45, 7) is 1.61. The van der Waals surface area contributed by atoms with Crippen LogP contribution in [0, 0.1) is 5.82 Å². The standard InChI is InChI=1S/C16H18FN5O2/c17-9-5-10(14(18)24)13-12(6-9)21-15-11(7-20-22(13)15)16(8-23)1-3-19-4-2-16/h5-7,19,21,23H,1-4,8H2,(H2,18,24). The number of carbonyl (C=O) groups excluding carboxylic acids is 1. The van der Waals surface area contributed by atoms with E-state index in [-0.39, 0.29) is 12.2 Å². The molecule has 126 valence electrons. The number of aliphatic hydroxyl groups excluding tert-OH is 1. The molecule has 24 heavy (non-hydrogen) atoms. The molecule has 7 nitrogen and oxygen atoms in total. The molecule has 3 heterocycles. The van der Waals surface area contributed by atoms with E-state index in [1.807, 2.05) is 0 Å². The van der Waals surface area contributed by atoms with Crippen LogP contribution in [-0.2, 0) is 5.41 Å². The molecule has 1 aliphatic rings. The molecule has 2 aromatic heterocycles. The first kappa shape index (κ1) is 15.1. The molecule has 0 unspecified atom stereocenters. The molecule has 0 radical (unpaired) electrons. The molecule has 5 N–H and O–H groups in total. The van der Waals surface area contributed by atoms with Gasteiger partial charge in [-0.25, -0.2) is 8.91 Å². The number of carbonyl (C=O) groups is 1. The zero-order valence-electron chi connectivity index (χ0n) is 13.0. The normalized spacial score (nSPS) is 17.6. The fourth-order valence-corrected chi connectivity index (χ4v) is 3.68. The number of primary amides is 1. The Hall–Kier alpha value is -2.45. The minimum absolute atomic E-state index is 0.00242. The number of halogens is 1. The number of nitrogens with zero attached hydrogens (tertiary/aromatic N) is 2. The zero-order valence-corrected chi connectivity index (χ0v) is 13.0. The summed E-state index contributed by atoms with van der Waals surface area (Å²) in [5.41, 5.74) is 7.51. The van der Waals surface area contributed by atoms with Crippen LogP contribution in [0.3, 0.4) is 0 Å². The van der Waals surface area contributed by atoms with E-state index in [9.17, 15) is 14.3 Å². The van der Waals surface area contributed by atoms with Crippen LogP contribution in [-0.4, -0.2) is 45.3 Å². The van der Waals surface area contributed by atoms with Gasteiger partial charge in [0.1, 0.15) is 17.0 Å². The van der Waals surface area contributed by atoms with Crippen molar-refractivity contribution in [2.75, 3.05) is 19.7 Å². The third-order valence-corrected chi connectivity index (χ3v) is 5.01. The highest BCUT2D eigenvalue weighted by atomic mass is 19.1. The predicted octanol–water partition coefficient (Wildman–Crippen LogP) is 0.667. The zero-order chi connectivity index (χ0) is 16.9. The summed E-state index contributed by atoms with van der Waals surface area (Å²) in [7, 11) is 0. The van der Waals surface area contributed by atoms with Crippen LogP contribution in [0.25, 0.3) is 16.7 Å². The Morgan fingerprint density at radius 3 is 2.83 bits per heavy atom. The van der Waals surface area contributed by atoms with Crippen LogP contribution in [0.2, 0.25) is 0 Å². The average Bonchev–Trinajstić information content (AvgIpc) is 3.13. The van der Waals surface area contributed by atoms with Gasteiger partial charge in [0.2, 0.25) is 0 Å². The van der Waals surface area contributed by atoms with Gasteiger partial charge in [0.15, 0.2) is 0 Å². The lowest BCUT2D eigenvalue weighted by Crippen LogP contribution is -2.42. The number of nitrogens with one attached hydrogen (secondary N) is 2. The van der Waals surface area contributed by atoms with Crippen molar-refractivity contribution in [2.45, 2.75) is 18.3 Å². The van der Waals surface area contributed by atoms with Crippen molar-refractivity contribution in [3.05, 3.63) is 35.3 Å². The Morgan fingerprint density at radius 2 is 2.17 bits per heavy atom. The van der Waals surface area contributed by atoms with Gasteiger partial charge in [-0.05, 0) is 38.1 Å². The third-order valence-electron chi connectivity index (χ3n) is 5.01. The van der Waals surface area contributed by atoms with Crippen molar-refractivity contribution in [2.24, 2.45) is 5.73 Å². The molecule has 1 aliphatic heterocycles. The van der Waals surface area contributed by atoms with Crippen molar-refractivity contribution in [3.63, 3.8) is 0 Å². The number of aromatic amines is 1. The molecular formula is C16H18FN5O2. The van der Waals surface area contributed by atoms with Gasteiger partial charge in [0.25, 0.3) is 5.91 Å². The lowest BCUT2D eigenvalue weighted by Gasteiger charge is -2.35. The van der Waals surface area contributed by atoms with Gasteiger partial charge in [-0.3, -0.25) is 4.79 Å². The van der Waals surface area contributed by atoms with Crippen LogP contribution < -0.4 is 11.1 Å². The number of benzene rings is 1. The molecule has 4 rings (SSSR count). The first-order chi connectivity index (χ1) is 11.6. The number of imidazole rings is 1. The van der Waals surface area contributed by atoms with Gasteiger partial charge < -0.3 is 21.1 Å². The predicted molar refractivity (Wildman–Crippen MR) is 86.4 cm³/mol. The maximum absolute atomic E-state index is 13.8. The van der Waals surface area contributed by atoms with Gasteiger partial charge >= 0.3 is 0 Å². The number of fused-ring (bicyclic) bond motifs is 3. The number of hydrogen-bond acceptors (Lipinski definition) is 4. The molecule has 0 saturated carbocycles. The van der Waals surface area contributed by atoms with Crippen LogP contribution >= 0.6 is 0 Å². The van der Waals surface area contributed by atoms with E-state index in [1.54, 1.807) is 10.7 Å². The maximum Gasteiger partial charge on any atom is 0.251 e. The third kappa shape index (κ3) is 2.03. The Morgan fingerprint density at radius 1 is 1.42 bits per heavy atom. The Balaban J connectivity index is 2.00. The summed E-state index contributed by atoms with van der Waals surface area (Å²) in [5, 5.41) is 17.7. The topological polar surface area (TPSA) is 108 Å². The molecule has 1 amide bonds. The minimum Gasteiger partial charge on any atom is -0.395 e. The summed E-state index contributed by atoms with van der Waals surface area (Å²) >= 11 is 0. The second-order valence-electron chi connectivity index (χ2n) is 6.35. The van der Waals surface area contributed by atoms with Crippen molar-refractivity contribution in [3.8, 4) is 0 Å². The molecule has 1 saturated heterocycles. The van der Waals surface area contributed by atoms with Crippen LogP contribution in [0.15, 0.2) is 18.3 Å². The Labute approximate surface area is 136 Å². The number of H-pyrrole nitrogens is 1. The molecule has 0 aliphatic carbocycles. The monoisotopic (exact) mass is 331 g/mol. The number of aliphatic hydroxyl groups is 1. The smallest absolute Gasteiger partial charge is 0.251 e. The number of piperidine rings is 1. The van der Waals surface area contributed by atoms with E-state index in [4.69, 9.17) is 5.73 Å². The quantitative estimate of drug-likeness (QED) is 0.565. The first-order valence-electron chi connectivity index (χ1n) is 7.86. The average molecular weight is 331 g/mol. The fourth-order valence-electron chi connectivity index (χ4n) is 3.68. The summed E-state index contributed by atoms with van der Waals surface area (Å²) in [6, 6.07) is 2.43. The van der Waals surface area contributed by atoms with E-state index >= 15 is 0 Å².